The smallest absolute Gasteiger partial charge is 0.165 e. The Hall–Kier alpha value is -2.71. The van der Waals surface area contributed by atoms with E-state index >= 15 is 0 Å². The second kappa shape index (κ2) is 10.1. The summed E-state index contributed by atoms with van der Waals surface area (Å²) in [6.07, 6.45) is 1.45. The average Bonchev–Trinajstić information content (AvgIpc) is 3.20. The lowest BCUT2D eigenvalue weighted by Gasteiger charge is -2.26. The van der Waals surface area contributed by atoms with Crippen LogP contribution in [0, 0.1) is 0 Å². The van der Waals surface area contributed by atoms with Crippen LogP contribution in [-0.2, 0) is 6.54 Å². The van der Waals surface area contributed by atoms with Crippen LogP contribution in [0.2, 0.25) is 10.2 Å². The standard InChI is InChI=1S/C24H24Cl2N6O/c25-20-14-18(33-13-12-31-10-8-27-9-11-31)6-7-19(20)23-30-21-22(26)28-16-29-24(21)32(23)15-17-4-2-1-3-5-17/h1-7,14,16,27H,8-13,15H2. The topological polar surface area (TPSA) is 68.1 Å². The minimum Gasteiger partial charge on any atom is -0.492 e. The molecule has 7 nitrogen and oxygen atoms in total. The largest absolute Gasteiger partial charge is 0.492 e. The lowest BCUT2D eigenvalue weighted by molar-refractivity contribution is 0.191. The molecule has 1 aliphatic heterocycles. The third kappa shape index (κ3) is 4.96. The van der Waals surface area contributed by atoms with Crippen molar-refractivity contribution in [3.8, 4) is 17.1 Å². The van der Waals surface area contributed by atoms with Gasteiger partial charge in [-0.1, -0.05) is 53.5 Å². The second-order valence-electron chi connectivity index (χ2n) is 7.93. The molecule has 0 spiro atoms. The monoisotopic (exact) mass is 482 g/mol. The number of hydrogen-bond acceptors (Lipinski definition) is 6. The van der Waals surface area contributed by atoms with Crippen LogP contribution in [-0.4, -0.2) is 63.7 Å². The molecule has 1 aliphatic rings. The van der Waals surface area contributed by atoms with E-state index in [1.807, 2.05) is 41.0 Å². The number of hydrogen-bond donors (Lipinski definition) is 1. The number of piperazine rings is 1. The second-order valence-corrected chi connectivity index (χ2v) is 8.69. The molecule has 0 amide bonds. The molecule has 5 rings (SSSR count). The van der Waals surface area contributed by atoms with Gasteiger partial charge in [-0.15, -0.1) is 0 Å². The van der Waals surface area contributed by atoms with Crippen molar-refractivity contribution in [1.82, 2.24) is 29.7 Å². The Bertz CT molecular complexity index is 1240. The van der Waals surface area contributed by atoms with Gasteiger partial charge >= 0.3 is 0 Å². The van der Waals surface area contributed by atoms with Gasteiger partial charge in [-0.05, 0) is 23.8 Å². The van der Waals surface area contributed by atoms with Crippen LogP contribution in [0.15, 0.2) is 54.9 Å². The van der Waals surface area contributed by atoms with Gasteiger partial charge in [0.25, 0.3) is 0 Å². The van der Waals surface area contributed by atoms with E-state index in [9.17, 15) is 0 Å². The van der Waals surface area contributed by atoms with Crippen molar-refractivity contribution in [1.29, 1.82) is 0 Å². The summed E-state index contributed by atoms with van der Waals surface area (Å²) >= 11 is 13.0. The first-order chi connectivity index (χ1) is 16.2. The molecule has 2 aromatic carbocycles. The molecular weight excluding hydrogens is 459 g/mol. The number of aromatic nitrogens is 4. The van der Waals surface area contributed by atoms with Crippen LogP contribution in [0.4, 0.5) is 0 Å². The van der Waals surface area contributed by atoms with Crippen molar-refractivity contribution in [2.75, 3.05) is 39.3 Å². The molecule has 0 atom stereocenters. The highest BCUT2D eigenvalue weighted by Gasteiger charge is 2.19. The number of imidazole rings is 1. The number of ether oxygens (including phenoxy) is 1. The third-order valence-corrected chi connectivity index (χ3v) is 6.33. The zero-order valence-electron chi connectivity index (χ0n) is 18.0. The highest BCUT2D eigenvalue weighted by Crippen LogP contribution is 2.34. The Morgan fingerprint density at radius 3 is 2.61 bits per heavy atom. The molecule has 0 aliphatic carbocycles. The first kappa shape index (κ1) is 22.1. The van der Waals surface area contributed by atoms with Gasteiger partial charge in [-0.2, -0.15) is 0 Å². The lowest BCUT2D eigenvalue weighted by atomic mass is 10.2. The van der Waals surface area contributed by atoms with Crippen molar-refractivity contribution < 1.29 is 4.74 Å². The molecule has 0 unspecified atom stereocenters. The Labute approximate surface area is 202 Å². The van der Waals surface area contributed by atoms with Crippen LogP contribution in [0.5, 0.6) is 5.75 Å². The maximum atomic E-state index is 6.71. The predicted molar refractivity (Wildman–Crippen MR) is 131 cm³/mol. The minimum atomic E-state index is 0.317. The van der Waals surface area contributed by atoms with Gasteiger partial charge in [-0.25, -0.2) is 15.0 Å². The molecule has 2 aromatic heterocycles. The van der Waals surface area contributed by atoms with Crippen LogP contribution < -0.4 is 10.1 Å². The fraction of sp³-hybridized carbons (Fsp3) is 0.292. The SMILES string of the molecule is Clc1cc(OCCN2CCNCC2)ccc1-c1nc2c(Cl)ncnc2n1Cc1ccccc1. The molecule has 170 valence electrons. The van der Waals surface area contributed by atoms with E-state index in [4.69, 9.17) is 32.9 Å². The Kier molecular flexibility index (Phi) is 6.73. The molecule has 3 heterocycles. The van der Waals surface area contributed by atoms with Crippen LogP contribution in [0.25, 0.3) is 22.6 Å². The average molecular weight is 483 g/mol. The molecule has 1 fully saturated rings. The van der Waals surface area contributed by atoms with Gasteiger partial charge in [0.2, 0.25) is 0 Å². The molecule has 0 saturated carbocycles. The summed E-state index contributed by atoms with van der Waals surface area (Å²) in [6.45, 7) is 6.24. The van der Waals surface area contributed by atoms with Crippen LogP contribution in [0.1, 0.15) is 5.56 Å². The van der Waals surface area contributed by atoms with Crippen molar-refractivity contribution >= 4 is 34.4 Å². The highest BCUT2D eigenvalue weighted by atomic mass is 35.5. The molecule has 0 radical (unpaired) electrons. The van der Waals surface area contributed by atoms with Gasteiger partial charge in [0.1, 0.15) is 30.0 Å². The summed E-state index contributed by atoms with van der Waals surface area (Å²) in [6, 6.07) is 15.8. The molecule has 33 heavy (non-hydrogen) atoms. The van der Waals surface area contributed by atoms with Gasteiger partial charge < -0.3 is 14.6 Å². The maximum absolute atomic E-state index is 6.71. The molecule has 9 heteroatoms. The number of nitrogens with zero attached hydrogens (tertiary/aromatic N) is 5. The Morgan fingerprint density at radius 1 is 1.00 bits per heavy atom. The fourth-order valence-electron chi connectivity index (χ4n) is 4.02. The summed E-state index contributed by atoms with van der Waals surface area (Å²) in [4.78, 5) is 15.7. The lowest BCUT2D eigenvalue weighted by Crippen LogP contribution is -2.44. The van der Waals surface area contributed by atoms with E-state index < -0.39 is 0 Å². The van der Waals surface area contributed by atoms with Crippen LogP contribution in [0.3, 0.4) is 0 Å². The Balaban J connectivity index is 1.42. The van der Waals surface area contributed by atoms with Gasteiger partial charge in [0.15, 0.2) is 10.8 Å². The highest BCUT2D eigenvalue weighted by molar-refractivity contribution is 6.34. The molecule has 1 saturated heterocycles. The van der Waals surface area contributed by atoms with E-state index in [-0.39, 0.29) is 0 Å². The summed E-state index contributed by atoms with van der Waals surface area (Å²) in [5.74, 6) is 1.43. The minimum absolute atomic E-state index is 0.317. The molecule has 4 aromatic rings. The van der Waals surface area contributed by atoms with E-state index in [1.54, 1.807) is 0 Å². The quantitative estimate of drug-likeness (QED) is 0.399. The fourth-order valence-corrected chi connectivity index (χ4v) is 4.45. The van der Waals surface area contributed by atoms with Crippen molar-refractivity contribution in [3.05, 3.63) is 70.6 Å². The normalized spacial score (nSPS) is 14.6. The molecule has 0 bridgehead atoms. The number of nitrogens with one attached hydrogen (secondary N) is 1. The number of benzene rings is 2. The van der Waals surface area contributed by atoms with Gasteiger partial charge in [0, 0.05) is 38.3 Å². The van der Waals surface area contributed by atoms with E-state index in [0.717, 1.165) is 49.6 Å². The predicted octanol–water partition coefficient (Wildman–Crippen LogP) is 4.13. The number of halogens is 2. The number of fused-ring (bicyclic) bond motifs is 1. The van der Waals surface area contributed by atoms with Gasteiger partial charge in [0.05, 0.1) is 11.6 Å². The van der Waals surface area contributed by atoms with Crippen LogP contribution >= 0.6 is 23.2 Å². The van der Waals surface area contributed by atoms with E-state index in [2.05, 4.69) is 32.3 Å². The molecule has 1 N–H and O–H groups in total. The van der Waals surface area contributed by atoms with Crippen molar-refractivity contribution in [2.45, 2.75) is 6.54 Å². The molecular formula is C24H24Cl2N6O. The van der Waals surface area contributed by atoms with Crippen molar-refractivity contribution in [3.63, 3.8) is 0 Å². The first-order valence-electron chi connectivity index (χ1n) is 11.0. The van der Waals surface area contributed by atoms with E-state index in [0.29, 0.717) is 40.3 Å². The zero-order valence-corrected chi connectivity index (χ0v) is 19.6. The maximum Gasteiger partial charge on any atom is 0.165 e. The summed E-state index contributed by atoms with van der Waals surface area (Å²) in [5.41, 5.74) is 3.13. The first-order valence-corrected chi connectivity index (χ1v) is 11.7. The Morgan fingerprint density at radius 2 is 1.82 bits per heavy atom. The van der Waals surface area contributed by atoms with Gasteiger partial charge in [-0.3, -0.25) is 4.90 Å². The summed E-state index contributed by atoms with van der Waals surface area (Å²) in [7, 11) is 0. The van der Waals surface area contributed by atoms with Crippen molar-refractivity contribution in [2.24, 2.45) is 0 Å². The summed E-state index contributed by atoms with van der Waals surface area (Å²) in [5, 5.41) is 4.24. The number of rotatable bonds is 7. The summed E-state index contributed by atoms with van der Waals surface area (Å²) < 4.78 is 7.99. The third-order valence-electron chi connectivity index (χ3n) is 5.74. The zero-order chi connectivity index (χ0) is 22.6. The van der Waals surface area contributed by atoms with E-state index in [1.165, 1.54) is 6.33 Å².